The molecule has 0 fully saturated rings. The molecule has 8 heteroatoms. The van der Waals surface area contributed by atoms with Crippen LogP contribution in [0.2, 0.25) is 0 Å². The van der Waals surface area contributed by atoms with Gasteiger partial charge in [-0.25, -0.2) is 8.42 Å². The Morgan fingerprint density at radius 2 is 1.52 bits per heavy atom. The van der Waals surface area contributed by atoms with Crippen molar-refractivity contribution >= 4 is 15.6 Å². The minimum atomic E-state index is -4.51. The lowest BCUT2D eigenvalue weighted by molar-refractivity contribution is -0.137. The van der Waals surface area contributed by atoms with Gasteiger partial charge in [-0.3, -0.25) is 4.72 Å². The number of benzene rings is 4. The number of alkyl halides is 3. The van der Waals surface area contributed by atoms with E-state index in [-0.39, 0.29) is 10.6 Å². The molecule has 1 N–H and O–H groups in total. The molecule has 4 aromatic carbocycles. The number of allylic oxidation sites excluding steroid dienone is 2. The molecule has 0 spiro atoms. The number of halogens is 3. The zero-order valence-corrected chi connectivity index (χ0v) is 22.4. The zero-order valence-electron chi connectivity index (χ0n) is 21.6. The summed E-state index contributed by atoms with van der Waals surface area (Å²) < 4.78 is 75.4. The maximum Gasteiger partial charge on any atom is 0.416 e. The van der Waals surface area contributed by atoms with Gasteiger partial charge in [-0.15, -0.1) is 0 Å². The summed E-state index contributed by atoms with van der Waals surface area (Å²) in [5.41, 5.74) is 3.32. The van der Waals surface area contributed by atoms with Crippen LogP contribution in [-0.4, -0.2) is 15.5 Å². The highest BCUT2D eigenvalue weighted by Crippen LogP contribution is 2.46. The molecule has 0 heterocycles. The Bertz CT molecular complexity index is 1750. The van der Waals surface area contributed by atoms with Crippen LogP contribution < -0.4 is 9.46 Å². The van der Waals surface area contributed by atoms with Gasteiger partial charge in [0.25, 0.3) is 10.0 Å². The number of hydrogen-bond donors (Lipinski definition) is 1. The molecule has 1 aliphatic carbocycles. The van der Waals surface area contributed by atoms with Gasteiger partial charge in [0, 0.05) is 5.56 Å². The molecule has 5 rings (SSSR count). The fourth-order valence-electron chi connectivity index (χ4n) is 4.61. The summed E-state index contributed by atoms with van der Waals surface area (Å²) in [5, 5.41) is 0. The largest absolute Gasteiger partial charge is 0.497 e. The minimum Gasteiger partial charge on any atom is -0.497 e. The Kier molecular flexibility index (Phi) is 7.17. The molecule has 0 saturated heterocycles. The average Bonchev–Trinajstić information content (AvgIpc) is 3.23. The van der Waals surface area contributed by atoms with Crippen LogP contribution in [0.5, 0.6) is 5.75 Å². The van der Waals surface area contributed by atoms with Crippen LogP contribution in [-0.2, 0) is 16.2 Å². The second kappa shape index (κ2) is 10.6. The average molecular weight is 560 g/mol. The molecule has 0 saturated carbocycles. The van der Waals surface area contributed by atoms with Gasteiger partial charge in [0.2, 0.25) is 0 Å². The maximum absolute atomic E-state index is 13.6. The number of hydrogen-bond acceptors (Lipinski definition) is 3. The Balaban J connectivity index is 1.72. The van der Waals surface area contributed by atoms with E-state index in [9.17, 15) is 21.6 Å². The first-order valence-corrected chi connectivity index (χ1v) is 13.8. The van der Waals surface area contributed by atoms with Crippen LogP contribution in [0.4, 0.5) is 13.2 Å². The molecule has 0 unspecified atom stereocenters. The minimum absolute atomic E-state index is 0.0562. The number of rotatable bonds is 5. The quantitative estimate of drug-likeness (QED) is 0.271. The van der Waals surface area contributed by atoms with Crippen molar-refractivity contribution in [1.82, 2.24) is 4.72 Å². The second-order valence-corrected chi connectivity index (χ2v) is 11.0. The van der Waals surface area contributed by atoms with Crippen LogP contribution >= 0.6 is 0 Å². The maximum atomic E-state index is 13.6. The number of sulfonamides is 1. The highest BCUT2D eigenvalue weighted by molar-refractivity contribution is 7.89. The van der Waals surface area contributed by atoms with Gasteiger partial charge in [0.05, 0.1) is 34.8 Å². The summed E-state index contributed by atoms with van der Waals surface area (Å²) in [6.07, 6.45) is -4.51. The smallest absolute Gasteiger partial charge is 0.416 e. The van der Waals surface area contributed by atoms with Crippen molar-refractivity contribution in [2.24, 2.45) is 0 Å². The molecule has 4 nitrogen and oxygen atoms in total. The zero-order chi connectivity index (χ0) is 28.5. The third kappa shape index (κ3) is 5.47. The summed E-state index contributed by atoms with van der Waals surface area (Å²) in [4.78, 5) is 0.0562. The van der Waals surface area contributed by atoms with Crippen molar-refractivity contribution in [3.05, 3.63) is 136 Å². The summed E-state index contributed by atoms with van der Waals surface area (Å²) in [7, 11) is -2.56. The van der Waals surface area contributed by atoms with Gasteiger partial charge in [-0.05, 0) is 78.2 Å². The van der Waals surface area contributed by atoms with Crippen molar-refractivity contribution in [2.45, 2.75) is 23.9 Å². The third-order valence-electron chi connectivity index (χ3n) is 6.65. The van der Waals surface area contributed by atoms with E-state index in [1.165, 1.54) is 31.4 Å². The van der Waals surface area contributed by atoms with E-state index in [1.54, 1.807) is 30.3 Å². The van der Waals surface area contributed by atoms with Crippen LogP contribution in [0, 0.1) is 18.8 Å². The lowest BCUT2D eigenvalue weighted by Gasteiger charge is -2.20. The first kappa shape index (κ1) is 27.1. The van der Waals surface area contributed by atoms with Crippen molar-refractivity contribution in [3.63, 3.8) is 0 Å². The monoisotopic (exact) mass is 559 g/mol. The van der Waals surface area contributed by atoms with E-state index in [4.69, 9.17) is 4.74 Å². The van der Waals surface area contributed by atoms with E-state index < -0.39 is 27.7 Å². The van der Waals surface area contributed by atoms with Crippen LogP contribution in [0.3, 0.4) is 0 Å². The van der Waals surface area contributed by atoms with E-state index >= 15 is 0 Å². The van der Waals surface area contributed by atoms with E-state index in [1.807, 2.05) is 37.3 Å². The van der Waals surface area contributed by atoms with Crippen molar-refractivity contribution in [2.75, 3.05) is 7.11 Å². The first-order chi connectivity index (χ1) is 19.1. The topological polar surface area (TPSA) is 55.4 Å². The fourth-order valence-corrected chi connectivity index (χ4v) is 5.73. The van der Waals surface area contributed by atoms with Gasteiger partial charge in [-0.1, -0.05) is 59.9 Å². The molecule has 0 amide bonds. The number of aryl methyl sites for hydroxylation is 1. The highest BCUT2D eigenvalue weighted by Gasteiger charge is 2.36. The third-order valence-corrected chi connectivity index (χ3v) is 8.03. The molecule has 0 bridgehead atoms. The Morgan fingerprint density at radius 1 is 0.850 bits per heavy atom. The van der Waals surface area contributed by atoms with E-state index in [0.29, 0.717) is 28.0 Å². The molecule has 1 atom stereocenters. The fraction of sp³-hybridized carbons (Fsp3) is 0.125. The summed E-state index contributed by atoms with van der Waals surface area (Å²) >= 11 is 0. The standard InChI is InChI=1S/C32H24F3NO3S/c1-21-8-16-26(17-9-21)40(37,38)36-31-28(18-10-22-6-4-3-5-7-22)27-19-15-25(39-2)20-29(27)30(31)23-11-13-24(14-12-23)32(33,34)35/h3-9,11-17,19-20,30,36H,1-2H3/t30-/m1/s1. The van der Waals surface area contributed by atoms with Crippen LogP contribution in [0.1, 0.15) is 39.3 Å². The molecule has 202 valence electrons. The number of nitrogens with one attached hydrogen (secondary N) is 1. The molecular formula is C32H24F3NO3S. The summed E-state index contributed by atoms with van der Waals surface area (Å²) in [6, 6.07) is 25.6. The van der Waals surface area contributed by atoms with Crippen LogP contribution in [0.25, 0.3) is 5.57 Å². The predicted octanol–water partition coefficient (Wildman–Crippen LogP) is 6.91. The second-order valence-electron chi connectivity index (χ2n) is 9.33. The van der Waals surface area contributed by atoms with E-state index in [2.05, 4.69) is 16.6 Å². The van der Waals surface area contributed by atoms with Gasteiger partial charge >= 0.3 is 6.18 Å². The molecule has 0 aromatic heterocycles. The van der Waals surface area contributed by atoms with Gasteiger partial charge < -0.3 is 4.74 Å². The summed E-state index contributed by atoms with van der Waals surface area (Å²) in [5.74, 6) is 6.02. The molecule has 1 aliphatic rings. The Labute approximate surface area is 231 Å². The lowest BCUT2D eigenvalue weighted by Crippen LogP contribution is -2.26. The normalized spacial score (nSPS) is 14.8. The Hall–Kier alpha value is -4.48. The van der Waals surface area contributed by atoms with Crippen molar-refractivity contribution < 1.29 is 26.3 Å². The number of fused-ring (bicyclic) bond motifs is 1. The molecular weight excluding hydrogens is 535 g/mol. The molecule has 0 radical (unpaired) electrons. The predicted molar refractivity (Wildman–Crippen MR) is 148 cm³/mol. The number of methoxy groups -OCH3 is 1. The first-order valence-electron chi connectivity index (χ1n) is 12.3. The van der Waals surface area contributed by atoms with Gasteiger partial charge in [0.15, 0.2) is 0 Å². The molecule has 0 aliphatic heterocycles. The summed E-state index contributed by atoms with van der Waals surface area (Å²) in [6.45, 7) is 1.85. The lowest BCUT2D eigenvalue weighted by atomic mass is 9.90. The van der Waals surface area contributed by atoms with E-state index in [0.717, 1.165) is 23.3 Å². The number of ether oxygens (including phenoxy) is 1. The van der Waals surface area contributed by atoms with Gasteiger partial charge in [-0.2, -0.15) is 13.2 Å². The van der Waals surface area contributed by atoms with Gasteiger partial charge in [0.1, 0.15) is 5.75 Å². The molecule has 40 heavy (non-hydrogen) atoms. The molecule has 4 aromatic rings. The van der Waals surface area contributed by atoms with Crippen molar-refractivity contribution in [1.29, 1.82) is 0 Å². The highest BCUT2D eigenvalue weighted by atomic mass is 32.2. The van der Waals surface area contributed by atoms with Crippen LogP contribution in [0.15, 0.2) is 108 Å². The Morgan fingerprint density at radius 3 is 2.15 bits per heavy atom. The van der Waals surface area contributed by atoms with Crippen molar-refractivity contribution in [3.8, 4) is 17.6 Å². The SMILES string of the molecule is COc1ccc2c(c1)[C@@H](c1ccc(C(F)(F)F)cc1)C(NS(=O)(=O)c1ccc(C)cc1)=C2C#Cc1ccccc1.